The van der Waals surface area contributed by atoms with Gasteiger partial charge in [0.2, 0.25) is 0 Å². The molecule has 150 valence electrons. The highest BCUT2D eigenvalue weighted by Crippen LogP contribution is 2.29. The minimum Gasteiger partial charge on any atom is -0.497 e. The Morgan fingerprint density at radius 2 is 1.80 bits per heavy atom. The van der Waals surface area contributed by atoms with E-state index in [0.717, 1.165) is 22.1 Å². The van der Waals surface area contributed by atoms with Gasteiger partial charge in [0, 0.05) is 32.9 Å². The fourth-order valence-corrected chi connectivity index (χ4v) is 3.81. The van der Waals surface area contributed by atoms with Gasteiger partial charge in [0.15, 0.2) is 5.13 Å². The smallest absolute Gasteiger partial charge is 0.255 e. The number of benzene rings is 3. The molecule has 5 nitrogen and oxygen atoms in total. The SMILES string of the molecule is COc1cccc(C(=O)Nc2cccc(-c3csc(Nc4cccc(Cl)c4)n3)c2)c1. The van der Waals surface area contributed by atoms with Crippen molar-refractivity contribution in [3.8, 4) is 17.0 Å². The van der Waals surface area contributed by atoms with E-state index in [1.54, 1.807) is 31.4 Å². The van der Waals surface area contributed by atoms with Gasteiger partial charge in [-0.1, -0.05) is 35.9 Å². The Morgan fingerprint density at radius 1 is 1.00 bits per heavy atom. The maximum Gasteiger partial charge on any atom is 0.255 e. The van der Waals surface area contributed by atoms with Crippen molar-refractivity contribution in [2.75, 3.05) is 17.7 Å². The van der Waals surface area contributed by atoms with Crippen molar-refractivity contribution in [1.29, 1.82) is 0 Å². The maximum absolute atomic E-state index is 12.6. The summed E-state index contributed by atoms with van der Waals surface area (Å²) in [5, 5.41) is 9.57. The third kappa shape index (κ3) is 4.79. The third-order valence-electron chi connectivity index (χ3n) is 4.33. The number of carbonyl (C=O) groups excluding carboxylic acids is 1. The summed E-state index contributed by atoms with van der Waals surface area (Å²) in [5.74, 6) is 0.436. The molecule has 0 aliphatic heterocycles. The molecule has 0 aliphatic rings. The normalized spacial score (nSPS) is 10.5. The van der Waals surface area contributed by atoms with Crippen LogP contribution < -0.4 is 15.4 Å². The molecule has 4 aromatic rings. The number of thiazole rings is 1. The number of ether oxygens (including phenoxy) is 1. The second-order valence-electron chi connectivity index (χ2n) is 6.44. The lowest BCUT2D eigenvalue weighted by Crippen LogP contribution is -2.11. The van der Waals surface area contributed by atoms with Crippen molar-refractivity contribution >= 4 is 45.4 Å². The van der Waals surface area contributed by atoms with Gasteiger partial charge in [-0.05, 0) is 48.5 Å². The second-order valence-corrected chi connectivity index (χ2v) is 7.73. The topological polar surface area (TPSA) is 63.2 Å². The molecule has 0 unspecified atom stereocenters. The first-order valence-electron chi connectivity index (χ1n) is 9.15. The lowest BCUT2D eigenvalue weighted by molar-refractivity contribution is 0.102. The molecular formula is C23H18ClN3O2S. The number of hydrogen-bond acceptors (Lipinski definition) is 5. The van der Waals surface area contributed by atoms with Gasteiger partial charge in [-0.15, -0.1) is 11.3 Å². The molecule has 0 atom stereocenters. The zero-order valence-electron chi connectivity index (χ0n) is 16.1. The van der Waals surface area contributed by atoms with E-state index < -0.39 is 0 Å². The van der Waals surface area contributed by atoms with Crippen LogP contribution in [0.15, 0.2) is 78.2 Å². The predicted octanol–water partition coefficient (Wildman–Crippen LogP) is 6.47. The van der Waals surface area contributed by atoms with Crippen LogP contribution in [0.3, 0.4) is 0 Å². The van der Waals surface area contributed by atoms with Crippen molar-refractivity contribution in [2.24, 2.45) is 0 Å². The summed E-state index contributed by atoms with van der Waals surface area (Å²) in [7, 11) is 1.57. The van der Waals surface area contributed by atoms with Gasteiger partial charge in [-0.3, -0.25) is 4.79 Å². The van der Waals surface area contributed by atoms with Gasteiger partial charge >= 0.3 is 0 Å². The van der Waals surface area contributed by atoms with Gasteiger partial charge in [0.05, 0.1) is 12.8 Å². The van der Waals surface area contributed by atoms with Crippen LogP contribution in [0.4, 0.5) is 16.5 Å². The first kappa shape index (κ1) is 19.9. The largest absolute Gasteiger partial charge is 0.497 e. The zero-order chi connectivity index (χ0) is 20.9. The summed E-state index contributed by atoms with van der Waals surface area (Å²) in [4.78, 5) is 17.2. The van der Waals surface area contributed by atoms with Crippen molar-refractivity contribution in [3.63, 3.8) is 0 Å². The molecule has 1 aromatic heterocycles. The molecule has 7 heteroatoms. The fraction of sp³-hybridized carbons (Fsp3) is 0.0435. The molecule has 4 rings (SSSR count). The molecule has 0 saturated carbocycles. The minimum atomic E-state index is -0.201. The van der Waals surface area contributed by atoms with Crippen molar-refractivity contribution in [2.45, 2.75) is 0 Å². The van der Waals surface area contributed by atoms with E-state index in [2.05, 4.69) is 15.6 Å². The first-order chi connectivity index (χ1) is 14.6. The summed E-state index contributed by atoms with van der Waals surface area (Å²) in [6.45, 7) is 0. The summed E-state index contributed by atoms with van der Waals surface area (Å²) in [6, 6.07) is 22.1. The van der Waals surface area contributed by atoms with Crippen LogP contribution in [0, 0.1) is 0 Å². The Bertz CT molecular complexity index is 1190. The molecular weight excluding hydrogens is 418 g/mol. The fourth-order valence-electron chi connectivity index (χ4n) is 2.88. The standard InChI is InChI=1S/C23H18ClN3O2S/c1-29-20-10-3-6-16(12-20)22(28)25-18-8-2-5-15(11-18)21-14-30-23(27-21)26-19-9-4-7-17(24)13-19/h2-14H,1H3,(H,25,28)(H,26,27). The highest BCUT2D eigenvalue weighted by molar-refractivity contribution is 7.14. The van der Waals surface area contributed by atoms with Crippen LogP contribution >= 0.6 is 22.9 Å². The third-order valence-corrected chi connectivity index (χ3v) is 5.32. The minimum absolute atomic E-state index is 0.201. The Kier molecular flexibility index (Phi) is 5.97. The molecule has 3 aromatic carbocycles. The Balaban J connectivity index is 1.49. The van der Waals surface area contributed by atoms with E-state index in [9.17, 15) is 4.79 Å². The molecule has 1 amide bonds. The summed E-state index contributed by atoms with van der Waals surface area (Å²) >= 11 is 7.53. The number of methoxy groups -OCH3 is 1. The molecule has 1 heterocycles. The van der Waals surface area contributed by atoms with E-state index in [-0.39, 0.29) is 5.91 Å². The first-order valence-corrected chi connectivity index (χ1v) is 10.4. The number of anilines is 3. The van der Waals surface area contributed by atoms with Crippen molar-refractivity contribution in [1.82, 2.24) is 4.98 Å². The van der Waals surface area contributed by atoms with Crippen LogP contribution in [0.1, 0.15) is 10.4 Å². The monoisotopic (exact) mass is 435 g/mol. The van der Waals surface area contributed by atoms with Gasteiger partial charge in [0.25, 0.3) is 5.91 Å². The molecule has 0 aliphatic carbocycles. The van der Waals surface area contributed by atoms with E-state index >= 15 is 0 Å². The average Bonchev–Trinajstić information content (AvgIpc) is 3.22. The quantitative estimate of drug-likeness (QED) is 0.364. The summed E-state index contributed by atoms with van der Waals surface area (Å²) in [6.07, 6.45) is 0. The second kappa shape index (κ2) is 8.98. The number of rotatable bonds is 6. The Hall–Kier alpha value is -3.35. The molecule has 0 fully saturated rings. The average molecular weight is 436 g/mol. The van der Waals surface area contributed by atoms with Crippen LogP contribution in [-0.4, -0.2) is 18.0 Å². The number of halogens is 1. The van der Waals surface area contributed by atoms with Crippen LogP contribution in [-0.2, 0) is 0 Å². The van der Waals surface area contributed by atoms with Gasteiger partial charge in [0.1, 0.15) is 5.75 Å². The molecule has 0 spiro atoms. The van der Waals surface area contributed by atoms with Crippen LogP contribution in [0.25, 0.3) is 11.3 Å². The summed E-state index contributed by atoms with van der Waals surface area (Å²) in [5.41, 5.74) is 3.83. The molecule has 0 radical (unpaired) electrons. The van der Waals surface area contributed by atoms with Gasteiger partial charge in [-0.2, -0.15) is 0 Å². The number of carbonyl (C=O) groups is 1. The molecule has 2 N–H and O–H groups in total. The van der Waals surface area contributed by atoms with E-state index in [1.807, 2.05) is 53.9 Å². The molecule has 30 heavy (non-hydrogen) atoms. The van der Waals surface area contributed by atoms with Crippen molar-refractivity contribution in [3.05, 3.63) is 88.8 Å². The highest BCUT2D eigenvalue weighted by Gasteiger charge is 2.10. The van der Waals surface area contributed by atoms with E-state index in [1.165, 1.54) is 11.3 Å². The number of aromatic nitrogens is 1. The summed E-state index contributed by atoms with van der Waals surface area (Å²) < 4.78 is 5.18. The molecule has 0 bridgehead atoms. The number of amides is 1. The maximum atomic E-state index is 12.6. The number of nitrogens with zero attached hydrogens (tertiary/aromatic N) is 1. The van der Waals surface area contributed by atoms with Gasteiger partial charge in [-0.25, -0.2) is 4.98 Å². The lowest BCUT2D eigenvalue weighted by atomic mass is 10.1. The predicted molar refractivity (Wildman–Crippen MR) is 123 cm³/mol. The van der Waals surface area contributed by atoms with Gasteiger partial charge < -0.3 is 15.4 Å². The van der Waals surface area contributed by atoms with E-state index in [4.69, 9.17) is 16.3 Å². The number of hydrogen-bond donors (Lipinski definition) is 2. The lowest BCUT2D eigenvalue weighted by Gasteiger charge is -2.08. The zero-order valence-corrected chi connectivity index (χ0v) is 17.6. The Labute approximate surface area is 183 Å². The van der Waals surface area contributed by atoms with Crippen LogP contribution in [0.5, 0.6) is 5.75 Å². The number of nitrogens with one attached hydrogen (secondary N) is 2. The molecule has 0 saturated heterocycles. The highest BCUT2D eigenvalue weighted by atomic mass is 35.5. The Morgan fingerprint density at radius 3 is 2.63 bits per heavy atom. The van der Waals surface area contributed by atoms with Crippen LogP contribution in [0.2, 0.25) is 5.02 Å². The van der Waals surface area contributed by atoms with E-state index in [0.29, 0.717) is 22.0 Å². The van der Waals surface area contributed by atoms with Crippen molar-refractivity contribution < 1.29 is 9.53 Å².